The van der Waals surface area contributed by atoms with Gasteiger partial charge in [-0.1, -0.05) is 19.1 Å². The summed E-state index contributed by atoms with van der Waals surface area (Å²) in [5.74, 6) is -1.40. The number of aromatic nitrogens is 2. The maximum atomic E-state index is 13.8. The van der Waals surface area contributed by atoms with Crippen molar-refractivity contribution in [3.05, 3.63) is 89.1 Å². The number of fused-ring (bicyclic) bond motifs is 1. The van der Waals surface area contributed by atoms with Crippen LogP contribution in [0, 0.1) is 11.6 Å². The SMILES string of the molecule is COCOCCCNc1cccc(C(=O)Nn2ncc3cc(C(C)Cc4cc(F)cc(F)c4)ccc32)c1N1CCN(C)CC1. The Morgan fingerprint density at radius 2 is 1.82 bits per heavy atom. The minimum absolute atomic E-state index is 0.0199. The first-order valence-electron chi connectivity index (χ1n) is 14.9. The number of nitrogens with one attached hydrogen (secondary N) is 2. The van der Waals surface area contributed by atoms with Crippen LogP contribution in [0.15, 0.2) is 60.8 Å². The molecule has 2 N–H and O–H groups in total. The molecule has 2 heterocycles. The average molecular weight is 607 g/mol. The molecule has 1 fully saturated rings. The lowest BCUT2D eigenvalue weighted by Crippen LogP contribution is -2.45. The number of rotatable bonds is 13. The van der Waals surface area contributed by atoms with Crippen LogP contribution in [-0.2, 0) is 15.9 Å². The summed E-state index contributed by atoms with van der Waals surface area (Å²) in [5.41, 5.74) is 7.67. The van der Waals surface area contributed by atoms with E-state index in [1.54, 1.807) is 13.3 Å². The van der Waals surface area contributed by atoms with Crippen molar-refractivity contribution in [1.82, 2.24) is 14.8 Å². The van der Waals surface area contributed by atoms with E-state index < -0.39 is 11.6 Å². The Morgan fingerprint density at radius 3 is 2.57 bits per heavy atom. The maximum Gasteiger partial charge on any atom is 0.273 e. The van der Waals surface area contributed by atoms with E-state index in [0.717, 1.165) is 66.5 Å². The number of halogens is 2. The van der Waals surface area contributed by atoms with Gasteiger partial charge in [-0.05, 0) is 73.3 Å². The highest BCUT2D eigenvalue weighted by molar-refractivity contribution is 6.07. The van der Waals surface area contributed by atoms with Crippen molar-refractivity contribution in [2.75, 3.05) is 75.9 Å². The predicted octanol–water partition coefficient (Wildman–Crippen LogP) is 5.22. The molecule has 0 spiro atoms. The number of likely N-dealkylation sites (N-methyl/N-ethyl adjacent to an activating group) is 1. The lowest BCUT2D eigenvalue weighted by molar-refractivity contribution is -0.0303. The fraction of sp³-hybridized carbons (Fsp3) is 0.394. The molecule has 3 aromatic carbocycles. The summed E-state index contributed by atoms with van der Waals surface area (Å²) in [5, 5.41) is 8.81. The Kier molecular flexibility index (Phi) is 10.4. The number of anilines is 2. The number of hydrogen-bond acceptors (Lipinski definition) is 7. The summed E-state index contributed by atoms with van der Waals surface area (Å²) in [4.78, 5) is 19.8. The summed E-state index contributed by atoms with van der Waals surface area (Å²) < 4.78 is 37.7. The lowest BCUT2D eigenvalue weighted by atomic mass is 9.93. The number of ether oxygens (including phenoxy) is 2. The van der Waals surface area contributed by atoms with Crippen LogP contribution in [0.25, 0.3) is 10.9 Å². The number of nitrogens with zero attached hydrogens (tertiary/aromatic N) is 4. The Hall–Kier alpha value is -4.06. The third kappa shape index (κ3) is 7.71. The van der Waals surface area contributed by atoms with Gasteiger partial charge in [0, 0.05) is 51.3 Å². The van der Waals surface area contributed by atoms with E-state index in [2.05, 4.69) is 32.7 Å². The molecule has 234 valence electrons. The summed E-state index contributed by atoms with van der Waals surface area (Å²) in [6.45, 7) is 6.96. The van der Waals surface area contributed by atoms with Crippen molar-refractivity contribution in [3.63, 3.8) is 0 Å². The van der Waals surface area contributed by atoms with E-state index in [1.807, 2.05) is 43.3 Å². The summed E-state index contributed by atoms with van der Waals surface area (Å²) in [7, 11) is 3.70. The number of para-hydroxylation sites is 1. The highest BCUT2D eigenvalue weighted by atomic mass is 19.1. The fourth-order valence-corrected chi connectivity index (χ4v) is 5.58. The summed E-state index contributed by atoms with van der Waals surface area (Å²) in [6, 6.07) is 15.2. The highest BCUT2D eigenvalue weighted by Gasteiger charge is 2.24. The maximum absolute atomic E-state index is 13.8. The number of piperazine rings is 1. The second-order valence-corrected chi connectivity index (χ2v) is 11.3. The van der Waals surface area contributed by atoms with Crippen LogP contribution in [0.5, 0.6) is 0 Å². The Labute approximate surface area is 256 Å². The molecular formula is C33H40F2N6O3. The topological polar surface area (TPSA) is 83.9 Å². The molecule has 0 saturated carbocycles. The Balaban J connectivity index is 1.33. The zero-order valence-corrected chi connectivity index (χ0v) is 25.5. The van der Waals surface area contributed by atoms with Gasteiger partial charge in [0.2, 0.25) is 0 Å². The van der Waals surface area contributed by atoms with Gasteiger partial charge in [-0.3, -0.25) is 4.79 Å². The molecule has 11 heteroatoms. The second kappa shape index (κ2) is 14.6. The van der Waals surface area contributed by atoms with Crippen LogP contribution < -0.4 is 15.6 Å². The van der Waals surface area contributed by atoms with Crippen molar-refractivity contribution in [2.45, 2.75) is 25.7 Å². The molecule has 0 bridgehead atoms. The fourth-order valence-electron chi connectivity index (χ4n) is 5.58. The average Bonchev–Trinajstić information content (AvgIpc) is 3.40. The van der Waals surface area contributed by atoms with E-state index in [0.29, 0.717) is 30.7 Å². The quantitative estimate of drug-likeness (QED) is 0.160. The first kappa shape index (κ1) is 31.4. The van der Waals surface area contributed by atoms with E-state index in [9.17, 15) is 13.6 Å². The van der Waals surface area contributed by atoms with Crippen LogP contribution in [0.4, 0.5) is 20.2 Å². The van der Waals surface area contributed by atoms with Crippen LogP contribution >= 0.6 is 0 Å². The van der Waals surface area contributed by atoms with Crippen molar-refractivity contribution < 1.29 is 23.0 Å². The molecule has 0 aliphatic carbocycles. The molecule has 1 unspecified atom stereocenters. The molecule has 44 heavy (non-hydrogen) atoms. The zero-order valence-electron chi connectivity index (χ0n) is 25.5. The van der Waals surface area contributed by atoms with Crippen molar-refractivity contribution in [1.29, 1.82) is 0 Å². The van der Waals surface area contributed by atoms with E-state index in [-0.39, 0.29) is 18.6 Å². The molecule has 1 aliphatic rings. The van der Waals surface area contributed by atoms with Crippen molar-refractivity contribution in [2.24, 2.45) is 0 Å². The zero-order chi connectivity index (χ0) is 31.1. The molecule has 1 aromatic heterocycles. The van der Waals surface area contributed by atoms with Gasteiger partial charge in [-0.2, -0.15) is 9.89 Å². The van der Waals surface area contributed by atoms with Crippen molar-refractivity contribution in [3.8, 4) is 0 Å². The normalized spacial score (nSPS) is 14.6. The predicted molar refractivity (Wildman–Crippen MR) is 169 cm³/mol. The standard InChI is InChI=1S/C33H40F2N6O3/c1-23(16-24-17-27(34)20-28(35)18-24)25-8-9-31-26(19-25)21-37-41(31)38-33(42)29-6-4-7-30(36-10-5-15-44-22-43-3)32(29)40-13-11-39(2)12-14-40/h4,6-9,17-21,23,36H,5,10-16,22H2,1-3H3,(H,38,42). The highest BCUT2D eigenvalue weighted by Crippen LogP contribution is 2.32. The molecule has 5 rings (SSSR count). The van der Waals surface area contributed by atoms with Crippen LogP contribution in [-0.4, -0.2) is 81.0 Å². The molecule has 1 atom stereocenters. The molecule has 1 saturated heterocycles. The van der Waals surface area contributed by atoms with Gasteiger partial charge < -0.3 is 24.6 Å². The van der Waals surface area contributed by atoms with Crippen LogP contribution in [0.2, 0.25) is 0 Å². The molecule has 1 aliphatic heterocycles. The number of hydrogen-bond donors (Lipinski definition) is 2. The molecule has 9 nitrogen and oxygen atoms in total. The van der Waals surface area contributed by atoms with Crippen LogP contribution in [0.1, 0.15) is 40.7 Å². The Bertz CT molecular complexity index is 1550. The second-order valence-electron chi connectivity index (χ2n) is 11.3. The molecule has 1 amide bonds. The molecule has 4 aromatic rings. The van der Waals surface area contributed by atoms with Gasteiger partial charge in [0.25, 0.3) is 5.91 Å². The molecule has 0 radical (unpaired) electrons. The number of amides is 1. The summed E-state index contributed by atoms with van der Waals surface area (Å²) >= 11 is 0. The van der Waals surface area contributed by atoms with Gasteiger partial charge in [-0.15, -0.1) is 0 Å². The van der Waals surface area contributed by atoms with Gasteiger partial charge >= 0.3 is 0 Å². The van der Waals surface area contributed by atoms with E-state index >= 15 is 0 Å². The third-order valence-electron chi connectivity index (χ3n) is 7.92. The van der Waals surface area contributed by atoms with Gasteiger partial charge in [0.1, 0.15) is 18.4 Å². The minimum atomic E-state index is -0.579. The number of carbonyl (C=O) groups excluding carboxylic acids is 1. The first-order valence-corrected chi connectivity index (χ1v) is 14.9. The minimum Gasteiger partial charge on any atom is -0.383 e. The van der Waals surface area contributed by atoms with E-state index in [1.165, 1.54) is 16.9 Å². The Morgan fingerprint density at radius 1 is 1.05 bits per heavy atom. The van der Waals surface area contributed by atoms with Crippen molar-refractivity contribution >= 4 is 28.2 Å². The number of benzene rings is 3. The monoisotopic (exact) mass is 606 g/mol. The summed E-state index contributed by atoms with van der Waals surface area (Å²) in [6.07, 6.45) is 2.99. The number of carbonyl (C=O) groups is 1. The van der Waals surface area contributed by atoms with Gasteiger partial charge in [0.05, 0.1) is 35.3 Å². The molecular weight excluding hydrogens is 566 g/mol. The van der Waals surface area contributed by atoms with Gasteiger partial charge in [-0.25, -0.2) is 14.2 Å². The van der Waals surface area contributed by atoms with Crippen LogP contribution in [0.3, 0.4) is 0 Å². The third-order valence-corrected chi connectivity index (χ3v) is 7.92. The lowest BCUT2D eigenvalue weighted by Gasteiger charge is -2.36. The largest absolute Gasteiger partial charge is 0.383 e. The smallest absolute Gasteiger partial charge is 0.273 e. The van der Waals surface area contributed by atoms with Gasteiger partial charge in [0.15, 0.2) is 0 Å². The number of methoxy groups -OCH3 is 1. The van der Waals surface area contributed by atoms with E-state index in [4.69, 9.17) is 9.47 Å². The first-order chi connectivity index (χ1) is 21.3.